The lowest BCUT2D eigenvalue weighted by molar-refractivity contribution is 0.501. The number of nitrogen functional groups attached to an aromatic ring is 1. The van der Waals surface area contributed by atoms with Crippen LogP contribution < -0.4 is 10.5 Å². The maximum atomic E-state index is 13.5. The molecule has 1 atom stereocenters. The zero-order valence-electron chi connectivity index (χ0n) is 10.2. The number of nitrogens with one attached hydrogen (secondary N) is 1. The molecule has 4 nitrogen and oxygen atoms in total. The van der Waals surface area contributed by atoms with Crippen LogP contribution in [0, 0.1) is 17.6 Å². The van der Waals surface area contributed by atoms with Crippen LogP contribution >= 0.6 is 0 Å². The molecule has 102 valence electrons. The van der Waals surface area contributed by atoms with Crippen LogP contribution in [0.4, 0.5) is 14.5 Å². The second-order valence-corrected chi connectivity index (χ2v) is 5.88. The fraction of sp³-hybridized carbons (Fsp3) is 0.455. The maximum absolute atomic E-state index is 13.5. The summed E-state index contributed by atoms with van der Waals surface area (Å²) < 4.78 is 52.7. The van der Waals surface area contributed by atoms with Crippen molar-refractivity contribution in [3.05, 3.63) is 23.8 Å². The van der Waals surface area contributed by atoms with E-state index in [-0.39, 0.29) is 18.2 Å². The van der Waals surface area contributed by atoms with Crippen LogP contribution in [0.3, 0.4) is 0 Å². The second-order valence-electron chi connectivity index (χ2n) is 4.18. The Morgan fingerprint density at radius 3 is 2.28 bits per heavy atom. The van der Waals surface area contributed by atoms with Crippen molar-refractivity contribution in [2.24, 2.45) is 5.92 Å². The van der Waals surface area contributed by atoms with Crippen LogP contribution in [-0.4, -0.2) is 15.0 Å². The van der Waals surface area contributed by atoms with Gasteiger partial charge < -0.3 is 5.73 Å². The number of hydrogen-bond acceptors (Lipinski definition) is 3. The Labute approximate surface area is 105 Å². The van der Waals surface area contributed by atoms with Gasteiger partial charge in [0.05, 0.1) is 0 Å². The summed E-state index contributed by atoms with van der Waals surface area (Å²) in [6.07, 6.45) is 0.759. The second kappa shape index (κ2) is 5.62. The molecule has 0 amide bonds. The summed E-state index contributed by atoms with van der Waals surface area (Å²) in [6.45, 7) is 3.85. The van der Waals surface area contributed by atoms with Gasteiger partial charge in [-0.05, 0) is 18.1 Å². The predicted molar refractivity (Wildman–Crippen MR) is 65.4 cm³/mol. The Bertz CT molecular complexity index is 509. The summed E-state index contributed by atoms with van der Waals surface area (Å²) in [6, 6.07) is 1.56. The Morgan fingerprint density at radius 1 is 1.33 bits per heavy atom. The van der Waals surface area contributed by atoms with Crippen molar-refractivity contribution in [3.8, 4) is 0 Å². The molecule has 0 aromatic heterocycles. The molecule has 0 saturated carbocycles. The van der Waals surface area contributed by atoms with E-state index in [2.05, 4.69) is 4.72 Å². The number of hydrogen-bond donors (Lipinski definition) is 2. The molecule has 0 aliphatic heterocycles. The first-order valence-electron chi connectivity index (χ1n) is 5.52. The molecule has 0 bridgehead atoms. The van der Waals surface area contributed by atoms with Crippen LogP contribution in [0.1, 0.15) is 20.3 Å². The minimum absolute atomic E-state index is 0.0830. The molecule has 1 rings (SSSR count). The van der Waals surface area contributed by atoms with Crippen molar-refractivity contribution in [1.29, 1.82) is 0 Å². The van der Waals surface area contributed by atoms with E-state index in [0.29, 0.717) is 0 Å². The van der Waals surface area contributed by atoms with Gasteiger partial charge in [-0.15, -0.1) is 0 Å². The van der Waals surface area contributed by atoms with Gasteiger partial charge >= 0.3 is 0 Å². The van der Waals surface area contributed by atoms with E-state index in [1.54, 1.807) is 0 Å². The van der Waals surface area contributed by atoms with Crippen molar-refractivity contribution in [3.63, 3.8) is 0 Å². The molecule has 0 aliphatic carbocycles. The molecule has 1 aromatic rings. The van der Waals surface area contributed by atoms with Crippen molar-refractivity contribution in [1.82, 2.24) is 4.72 Å². The van der Waals surface area contributed by atoms with Gasteiger partial charge in [0.1, 0.15) is 11.6 Å². The Balaban J connectivity index is 3.06. The molecule has 18 heavy (non-hydrogen) atoms. The summed E-state index contributed by atoms with van der Waals surface area (Å²) in [7, 11) is -4.20. The Kier molecular flexibility index (Phi) is 4.64. The monoisotopic (exact) mass is 278 g/mol. The van der Waals surface area contributed by atoms with Gasteiger partial charge in [-0.2, -0.15) is 0 Å². The molecule has 1 unspecified atom stereocenters. The summed E-state index contributed by atoms with van der Waals surface area (Å²) in [5.74, 6) is -2.30. The number of nitrogens with two attached hydrogens (primary N) is 1. The fourth-order valence-electron chi connectivity index (χ4n) is 1.30. The van der Waals surface area contributed by atoms with E-state index < -0.39 is 26.6 Å². The molecular weight excluding hydrogens is 262 g/mol. The normalized spacial score (nSPS) is 13.6. The lowest BCUT2D eigenvalue weighted by Gasteiger charge is -2.12. The SMILES string of the molecule is CCC(C)CNS(=O)(=O)c1c(F)cc(N)cc1F. The quantitative estimate of drug-likeness (QED) is 0.808. The van der Waals surface area contributed by atoms with Crippen molar-refractivity contribution in [2.45, 2.75) is 25.2 Å². The molecule has 0 fully saturated rings. The van der Waals surface area contributed by atoms with E-state index in [9.17, 15) is 17.2 Å². The van der Waals surface area contributed by atoms with Crippen molar-refractivity contribution >= 4 is 15.7 Å². The number of sulfonamides is 1. The van der Waals surface area contributed by atoms with Gasteiger partial charge in [0.2, 0.25) is 10.0 Å². The third-order valence-electron chi connectivity index (χ3n) is 2.61. The van der Waals surface area contributed by atoms with Gasteiger partial charge in [0, 0.05) is 12.2 Å². The first kappa shape index (κ1) is 14.8. The molecule has 7 heteroatoms. The molecule has 3 N–H and O–H groups in total. The summed E-state index contributed by atoms with van der Waals surface area (Å²) in [5.41, 5.74) is 5.06. The molecule has 1 aromatic carbocycles. The van der Waals surface area contributed by atoms with Gasteiger partial charge in [0.15, 0.2) is 4.90 Å². The highest BCUT2D eigenvalue weighted by Gasteiger charge is 2.24. The van der Waals surface area contributed by atoms with Gasteiger partial charge in [0.25, 0.3) is 0 Å². The van der Waals surface area contributed by atoms with Crippen LogP contribution in [0.2, 0.25) is 0 Å². The minimum Gasteiger partial charge on any atom is -0.399 e. The van der Waals surface area contributed by atoms with Crippen molar-refractivity contribution in [2.75, 3.05) is 12.3 Å². The van der Waals surface area contributed by atoms with E-state index in [4.69, 9.17) is 5.73 Å². The lowest BCUT2D eigenvalue weighted by Crippen LogP contribution is -2.29. The highest BCUT2D eigenvalue weighted by atomic mass is 32.2. The summed E-state index contributed by atoms with van der Waals surface area (Å²) in [5, 5.41) is 0. The van der Waals surface area contributed by atoms with Crippen LogP contribution in [0.5, 0.6) is 0 Å². The highest BCUT2D eigenvalue weighted by molar-refractivity contribution is 7.89. The zero-order chi connectivity index (χ0) is 13.9. The molecule has 0 aliphatic rings. The van der Waals surface area contributed by atoms with Crippen molar-refractivity contribution < 1.29 is 17.2 Å². The average molecular weight is 278 g/mol. The van der Waals surface area contributed by atoms with E-state index >= 15 is 0 Å². The number of halogens is 2. The minimum atomic E-state index is -4.20. The average Bonchev–Trinajstić information content (AvgIpc) is 2.24. The summed E-state index contributed by atoms with van der Waals surface area (Å²) >= 11 is 0. The molecule has 0 radical (unpaired) electrons. The number of benzene rings is 1. The zero-order valence-corrected chi connectivity index (χ0v) is 11.0. The first-order valence-corrected chi connectivity index (χ1v) is 7.00. The number of anilines is 1. The number of rotatable bonds is 5. The Hall–Kier alpha value is -1.21. The molecular formula is C11H16F2N2O2S. The third-order valence-corrected chi connectivity index (χ3v) is 4.08. The fourth-order valence-corrected chi connectivity index (χ4v) is 2.58. The van der Waals surface area contributed by atoms with Crippen LogP contribution in [0.25, 0.3) is 0 Å². The first-order chi connectivity index (χ1) is 8.27. The molecule has 0 saturated heterocycles. The standard InChI is InChI=1S/C11H16F2N2O2S/c1-3-7(2)6-15-18(16,17)11-9(12)4-8(14)5-10(11)13/h4-5,7,15H,3,6,14H2,1-2H3. The Morgan fingerprint density at radius 2 is 1.83 bits per heavy atom. The van der Waals surface area contributed by atoms with Crippen LogP contribution in [-0.2, 0) is 10.0 Å². The molecule has 0 heterocycles. The largest absolute Gasteiger partial charge is 0.399 e. The van der Waals surface area contributed by atoms with Crippen LogP contribution in [0.15, 0.2) is 17.0 Å². The van der Waals surface area contributed by atoms with E-state index in [0.717, 1.165) is 18.6 Å². The topological polar surface area (TPSA) is 72.2 Å². The van der Waals surface area contributed by atoms with Gasteiger partial charge in [-0.3, -0.25) is 0 Å². The maximum Gasteiger partial charge on any atom is 0.246 e. The lowest BCUT2D eigenvalue weighted by atomic mass is 10.1. The third kappa shape index (κ3) is 3.39. The van der Waals surface area contributed by atoms with E-state index in [1.807, 2.05) is 13.8 Å². The van der Waals surface area contributed by atoms with Gasteiger partial charge in [-0.1, -0.05) is 20.3 Å². The summed E-state index contributed by atoms with van der Waals surface area (Å²) in [4.78, 5) is -0.986. The van der Waals surface area contributed by atoms with Gasteiger partial charge in [-0.25, -0.2) is 21.9 Å². The smallest absolute Gasteiger partial charge is 0.246 e. The predicted octanol–water partition coefficient (Wildman–Crippen LogP) is 1.87. The van der Waals surface area contributed by atoms with E-state index in [1.165, 1.54) is 0 Å². The molecule has 0 spiro atoms. The highest BCUT2D eigenvalue weighted by Crippen LogP contribution is 2.21.